The smallest absolute Gasteiger partial charge is 0.277 e. The van der Waals surface area contributed by atoms with Gasteiger partial charge >= 0.3 is 0 Å². The summed E-state index contributed by atoms with van der Waals surface area (Å²) >= 11 is 1.38. The van der Waals surface area contributed by atoms with Crippen LogP contribution in [0.4, 0.5) is 5.69 Å². The van der Waals surface area contributed by atoms with Gasteiger partial charge in [-0.05, 0) is 38.1 Å². The maximum atomic E-state index is 5.71. The van der Waals surface area contributed by atoms with Gasteiger partial charge in [-0.1, -0.05) is 23.8 Å². The lowest BCUT2D eigenvalue weighted by Gasteiger charge is -2.20. The van der Waals surface area contributed by atoms with E-state index < -0.39 is 0 Å². The number of nitrogens with zero attached hydrogens (tertiary/aromatic N) is 5. The monoisotopic (exact) mass is 359 g/mol. The predicted molar refractivity (Wildman–Crippen MR) is 96.5 cm³/mol. The van der Waals surface area contributed by atoms with Gasteiger partial charge in [-0.3, -0.25) is 0 Å². The number of hydrogen-bond acceptors (Lipinski definition) is 8. The molecule has 8 heteroatoms. The average Bonchev–Trinajstić information content (AvgIpc) is 3.31. The van der Waals surface area contributed by atoms with Crippen molar-refractivity contribution in [2.75, 3.05) is 18.0 Å². The summed E-state index contributed by atoms with van der Waals surface area (Å²) in [5.74, 6) is 2.28. The van der Waals surface area contributed by atoms with Crippen molar-refractivity contribution in [3.05, 3.63) is 36.0 Å². The molecule has 0 fully saturated rings. The van der Waals surface area contributed by atoms with Gasteiger partial charge in [-0.15, -0.1) is 10.2 Å². The summed E-state index contributed by atoms with van der Waals surface area (Å²) in [5, 5.41) is 12.5. The van der Waals surface area contributed by atoms with Gasteiger partial charge in [-0.2, -0.15) is 4.98 Å². The third kappa shape index (κ3) is 4.19. The summed E-state index contributed by atoms with van der Waals surface area (Å²) in [4.78, 5) is 6.54. The molecule has 0 atom stereocenters. The first kappa shape index (κ1) is 17.5. The molecular weight excluding hydrogens is 338 g/mol. The Kier molecular flexibility index (Phi) is 5.70. The zero-order valence-corrected chi connectivity index (χ0v) is 15.4. The molecule has 0 amide bonds. The average molecular weight is 359 g/mol. The van der Waals surface area contributed by atoms with Crippen LogP contribution in [0.2, 0.25) is 0 Å². The van der Waals surface area contributed by atoms with Crippen molar-refractivity contribution < 1.29 is 8.94 Å². The molecule has 25 heavy (non-hydrogen) atoms. The molecule has 0 unspecified atom stereocenters. The molecule has 0 aliphatic heterocycles. The molecule has 7 nitrogen and oxygen atoms in total. The maximum absolute atomic E-state index is 5.71. The molecule has 0 spiro atoms. The van der Waals surface area contributed by atoms with E-state index in [9.17, 15) is 0 Å². The zero-order chi connectivity index (χ0) is 17.6. The fourth-order valence-corrected chi connectivity index (χ4v) is 3.00. The highest BCUT2D eigenvalue weighted by atomic mass is 32.2. The van der Waals surface area contributed by atoms with E-state index in [4.69, 9.17) is 8.94 Å². The molecule has 0 saturated carbocycles. The standard InChI is InChI=1S/C17H21N5O2S/c1-4-14-18-15(24-21-14)11-25-17-20-19-16(23-17)12-7-9-13(10-8-12)22(5-2)6-3/h7-10H,4-6,11H2,1-3H3. The summed E-state index contributed by atoms with van der Waals surface area (Å²) in [5.41, 5.74) is 2.09. The van der Waals surface area contributed by atoms with Crippen LogP contribution in [0, 0.1) is 0 Å². The molecule has 3 rings (SSSR count). The van der Waals surface area contributed by atoms with Crippen LogP contribution >= 0.6 is 11.8 Å². The quantitative estimate of drug-likeness (QED) is 0.562. The molecule has 0 bridgehead atoms. The molecule has 0 N–H and O–H groups in total. The summed E-state index contributed by atoms with van der Waals surface area (Å²) < 4.78 is 10.9. The van der Waals surface area contributed by atoms with Crippen LogP contribution in [-0.4, -0.2) is 33.4 Å². The molecule has 0 aliphatic carbocycles. The second-order valence-electron chi connectivity index (χ2n) is 5.34. The van der Waals surface area contributed by atoms with E-state index in [1.807, 2.05) is 19.1 Å². The Morgan fingerprint density at radius 2 is 1.80 bits per heavy atom. The number of aryl methyl sites for hydroxylation is 1. The van der Waals surface area contributed by atoms with Crippen molar-refractivity contribution in [2.45, 2.75) is 38.2 Å². The van der Waals surface area contributed by atoms with Gasteiger partial charge in [0.25, 0.3) is 5.22 Å². The van der Waals surface area contributed by atoms with Gasteiger partial charge in [-0.25, -0.2) is 0 Å². The van der Waals surface area contributed by atoms with Gasteiger partial charge in [0.2, 0.25) is 11.8 Å². The highest BCUT2D eigenvalue weighted by molar-refractivity contribution is 7.98. The van der Waals surface area contributed by atoms with Gasteiger partial charge in [0.15, 0.2) is 5.82 Å². The van der Waals surface area contributed by atoms with Gasteiger partial charge < -0.3 is 13.8 Å². The SMILES string of the molecule is CCc1noc(CSc2nnc(-c3ccc(N(CC)CC)cc3)o2)n1. The molecule has 0 aliphatic rings. The first-order chi connectivity index (χ1) is 12.2. The van der Waals surface area contributed by atoms with E-state index in [-0.39, 0.29) is 0 Å². The van der Waals surface area contributed by atoms with E-state index in [0.717, 1.165) is 25.1 Å². The van der Waals surface area contributed by atoms with Gasteiger partial charge in [0, 0.05) is 30.8 Å². The number of anilines is 1. The Morgan fingerprint density at radius 3 is 2.44 bits per heavy atom. The Hall–Kier alpha value is -2.35. The summed E-state index contributed by atoms with van der Waals surface area (Å²) in [7, 11) is 0. The predicted octanol–water partition coefficient (Wildman–Crippen LogP) is 3.82. The normalized spacial score (nSPS) is 11.0. The van der Waals surface area contributed by atoms with Crippen LogP contribution in [0.15, 0.2) is 38.4 Å². The van der Waals surface area contributed by atoms with Crippen molar-refractivity contribution in [2.24, 2.45) is 0 Å². The lowest BCUT2D eigenvalue weighted by Crippen LogP contribution is -2.21. The maximum Gasteiger partial charge on any atom is 0.277 e. The molecular formula is C17H21N5O2S. The topological polar surface area (TPSA) is 81.1 Å². The molecule has 2 aromatic heterocycles. The Bertz CT molecular complexity index is 795. The van der Waals surface area contributed by atoms with Crippen LogP contribution in [0.25, 0.3) is 11.5 Å². The van der Waals surface area contributed by atoms with Crippen molar-refractivity contribution in [3.8, 4) is 11.5 Å². The van der Waals surface area contributed by atoms with Crippen LogP contribution in [0.1, 0.15) is 32.5 Å². The van der Waals surface area contributed by atoms with Crippen LogP contribution in [-0.2, 0) is 12.2 Å². The fraction of sp³-hybridized carbons (Fsp3) is 0.412. The minimum Gasteiger partial charge on any atom is -0.411 e. The van der Waals surface area contributed by atoms with Gasteiger partial charge in [0.05, 0.1) is 5.75 Å². The lowest BCUT2D eigenvalue weighted by atomic mass is 10.2. The van der Waals surface area contributed by atoms with E-state index in [2.05, 4.69) is 51.2 Å². The Labute approximate surface area is 150 Å². The van der Waals surface area contributed by atoms with Crippen LogP contribution in [0.3, 0.4) is 0 Å². The van der Waals surface area contributed by atoms with Crippen LogP contribution < -0.4 is 4.90 Å². The third-order valence-corrected chi connectivity index (χ3v) is 4.60. The fourth-order valence-electron chi connectivity index (χ4n) is 2.40. The first-order valence-electron chi connectivity index (χ1n) is 8.36. The number of hydrogen-bond donors (Lipinski definition) is 0. The van der Waals surface area contributed by atoms with Crippen molar-refractivity contribution in [1.29, 1.82) is 0 Å². The molecule has 2 heterocycles. The highest BCUT2D eigenvalue weighted by Gasteiger charge is 2.12. The summed E-state index contributed by atoms with van der Waals surface area (Å²) in [6.45, 7) is 8.23. The van der Waals surface area contributed by atoms with Gasteiger partial charge in [0.1, 0.15) is 0 Å². The van der Waals surface area contributed by atoms with Crippen molar-refractivity contribution >= 4 is 17.4 Å². The minimum atomic E-state index is 0.485. The van der Waals surface area contributed by atoms with E-state index in [0.29, 0.717) is 28.6 Å². The molecule has 0 radical (unpaired) electrons. The summed E-state index contributed by atoms with van der Waals surface area (Å²) in [6, 6.07) is 8.15. The Morgan fingerprint density at radius 1 is 1.04 bits per heavy atom. The van der Waals surface area contributed by atoms with E-state index in [1.165, 1.54) is 17.4 Å². The van der Waals surface area contributed by atoms with Crippen molar-refractivity contribution in [3.63, 3.8) is 0 Å². The zero-order valence-electron chi connectivity index (χ0n) is 14.6. The molecule has 3 aromatic rings. The number of benzene rings is 1. The van der Waals surface area contributed by atoms with E-state index >= 15 is 0 Å². The summed E-state index contributed by atoms with van der Waals surface area (Å²) in [6.07, 6.45) is 0.752. The van der Waals surface area contributed by atoms with Crippen LogP contribution in [0.5, 0.6) is 0 Å². The third-order valence-electron chi connectivity index (χ3n) is 3.79. The molecule has 1 aromatic carbocycles. The second kappa shape index (κ2) is 8.15. The Balaban J connectivity index is 1.64. The first-order valence-corrected chi connectivity index (χ1v) is 9.35. The van der Waals surface area contributed by atoms with E-state index in [1.54, 1.807) is 0 Å². The second-order valence-corrected chi connectivity index (χ2v) is 6.27. The number of thioether (sulfide) groups is 1. The molecule has 132 valence electrons. The molecule has 0 saturated heterocycles. The highest BCUT2D eigenvalue weighted by Crippen LogP contribution is 2.26. The number of aromatic nitrogens is 4. The van der Waals surface area contributed by atoms with Crippen molar-refractivity contribution in [1.82, 2.24) is 20.3 Å². The largest absolute Gasteiger partial charge is 0.411 e. The number of rotatable bonds is 8. The lowest BCUT2D eigenvalue weighted by molar-refractivity contribution is 0.384. The minimum absolute atomic E-state index is 0.485.